The van der Waals surface area contributed by atoms with E-state index in [0.29, 0.717) is 0 Å². The number of hydrogen-bond acceptors (Lipinski definition) is 5. The number of rotatable bonds is 6. The fourth-order valence-corrected chi connectivity index (χ4v) is 5.01. The van der Waals surface area contributed by atoms with Crippen molar-refractivity contribution in [2.75, 3.05) is 6.61 Å². The highest BCUT2D eigenvalue weighted by atomic mass is 16.5. The van der Waals surface area contributed by atoms with Crippen LogP contribution in [0.5, 0.6) is 0 Å². The molecule has 1 unspecified atom stereocenters. The first-order valence-corrected chi connectivity index (χ1v) is 10.6. The van der Waals surface area contributed by atoms with Crippen LogP contribution in [0.15, 0.2) is 0 Å². The molecule has 6 nitrogen and oxygen atoms in total. The molecular weight excluding hydrogens is 346 g/mol. The molecule has 2 atom stereocenters. The summed E-state index contributed by atoms with van der Waals surface area (Å²) >= 11 is 0. The average molecular weight is 377 g/mol. The first-order chi connectivity index (χ1) is 13.0. The summed E-state index contributed by atoms with van der Waals surface area (Å²) in [5.74, 6) is -3.60. The Hall–Kier alpha value is -1.72. The summed E-state index contributed by atoms with van der Waals surface area (Å²) in [4.78, 5) is 52.9. The lowest BCUT2D eigenvalue weighted by atomic mass is 9.76. The van der Waals surface area contributed by atoms with E-state index < -0.39 is 17.8 Å². The predicted octanol–water partition coefficient (Wildman–Crippen LogP) is 3.02. The zero-order valence-corrected chi connectivity index (χ0v) is 16.3. The van der Waals surface area contributed by atoms with E-state index in [-0.39, 0.29) is 42.6 Å². The summed E-state index contributed by atoms with van der Waals surface area (Å²) in [5, 5.41) is 0. The largest absolute Gasteiger partial charge is 0.465 e. The van der Waals surface area contributed by atoms with Gasteiger partial charge in [-0.25, -0.2) is 0 Å². The summed E-state index contributed by atoms with van der Waals surface area (Å²) in [6.45, 7) is 1.85. The molecule has 6 heteroatoms. The number of nitrogens with zero attached hydrogens (tertiary/aromatic N) is 1. The predicted molar refractivity (Wildman–Crippen MR) is 98.5 cm³/mol. The Morgan fingerprint density at radius 2 is 1.59 bits per heavy atom. The fourth-order valence-electron chi connectivity index (χ4n) is 5.01. The maximum absolute atomic E-state index is 13.2. The van der Waals surface area contributed by atoms with Crippen LogP contribution >= 0.6 is 0 Å². The van der Waals surface area contributed by atoms with Gasteiger partial charge < -0.3 is 4.74 Å². The average Bonchev–Trinajstić information content (AvgIpc) is 2.97. The van der Waals surface area contributed by atoms with Gasteiger partial charge in [-0.15, -0.1) is 0 Å². The van der Waals surface area contributed by atoms with Gasteiger partial charge in [-0.2, -0.15) is 0 Å². The lowest BCUT2D eigenvalue weighted by Gasteiger charge is -2.31. The number of ketones is 1. The van der Waals surface area contributed by atoms with E-state index >= 15 is 0 Å². The number of likely N-dealkylation sites (tertiary alicyclic amines) is 1. The van der Waals surface area contributed by atoms with Crippen molar-refractivity contribution in [2.45, 2.75) is 83.6 Å². The Balaban J connectivity index is 1.80. The zero-order valence-electron chi connectivity index (χ0n) is 16.3. The molecule has 3 rings (SSSR count). The molecule has 2 aliphatic carbocycles. The molecule has 0 bridgehead atoms. The second kappa shape index (κ2) is 8.98. The number of Topliss-reactive ketones (excluding diaryl/α,β-unsaturated/α-hetero) is 1. The Morgan fingerprint density at radius 1 is 1.00 bits per heavy atom. The summed E-state index contributed by atoms with van der Waals surface area (Å²) < 4.78 is 5.15. The third kappa shape index (κ3) is 4.25. The van der Waals surface area contributed by atoms with Crippen molar-refractivity contribution in [3.8, 4) is 0 Å². The molecule has 2 saturated carbocycles. The lowest BCUT2D eigenvalue weighted by Crippen LogP contribution is -2.44. The number of carbonyl (C=O) groups is 4. The van der Waals surface area contributed by atoms with Crippen molar-refractivity contribution >= 4 is 23.6 Å². The van der Waals surface area contributed by atoms with E-state index in [1.54, 1.807) is 6.92 Å². The number of hydrogen-bond donors (Lipinski definition) is 0. The molecule has 3 fully saturated rings. The molecule has 150 valence electrons. The Morgan fingerprint density at radius 3 is 2.19 bits per heavy atom. The van der Waals surface area contributed by atoms with Gasteiger partial charge in [-0.3, -0.25) is 24.1 Å². The topological polar surface area (TPSA) is 80.8 Å². The van der Waals surface area contributed by atoms with Crippen LogP contribution in [0.4, 0.5) is 0 Å². The third-order valence-corrected chi connectivity index (χ3v) is 6.41. The number of imide groups is 1. The molecule has 0 spiro atoms. The molecule has 0 aromatic carbocycles. The summed E-state index contributed by atoms with van der Waals surface area (Å²) in [6, 6.07) is -0.0728. The van der Waals surface area contributed by atoms with Crippen molar-refractivity contribution in [3.05, 3.63) is 0 Å². The van der Waals surface area contributed by atoms with Crippen LogP contribution in [-0.2, 0) is 23.9 Å². The van der Waals surface area contributed by atoms with Gasteiger partial charge >= 0.3 is 5.97 Å². The van der Waals surface area contributed by atoms with Crippen LogP contribution in [0.2, 0.25) is 0 Å². The summed E-state index contributed by atoms with van der Waals surface area (Å²) in [7, 11) is 0. The smallest absolute Gasteiger partial charge is 0.317 e. The summed E-state index contributed by atoms with van der Waals surface area (Å²) in [6.07, 6.45) is 9.31. The molecule has 0 aromatic rings. The monoisotopic (exact) mass is 377 g/mol. The molecule has 1 heterocycles. The first-order valence-electron chi connectivity index (χ1n) is 10.6. The van der Waals surface area contributed by atoms with E-state index in [1.807, 2.05) is 0 Å². The van der Waals surface area contributed by atoms with Gasteiger partial charge in [-0.05, 0) is 32.6 Å². The minimum atomic E-state index is -1.13. The molecule has 2 amide bonds. The van der Waals surface area contributed by atoms with Crippen LogP contribution in [-0.4, -0.2) is 41.1 Å². The standard InChI is InChI=1S/C21H31NO5/c1-2-27-21(26)18(19(24)14-9-5-3-6-10-14)16-13-17(23)22(20(16)25)15-11-7-4-8-12-15/h14-16,18H,2-13H2,1H3/t16-,18?/m0/s1. The van der Waals surface area contributed by atoms with Crippen molar-refractivity contribution in [1.29, 1.82) is 0 Å². The van der Waals surface area contributed by atoms with Crippen LogP contribution in [0.3, 0.4) is 0 Å². The van der Waals surface area contributed by atoms with Crippen molar-refractivity contribution < 1.29 is 23.9 Å². The van der Waals surface area contributed by atoms with Crippen LogP contribution in [0, 0.1) is 17.8 Å². The van der Waals surface area contributed by atoms with E-state index in [0.717, 1.165) is 64.2 Å². The SMILES string of the molecule is CCOC(=O)C(C(=O)C1CCCCC1)[C@@H]1CC(=O)N(C2CCCCC2)C1=O. The normalized spacial score (nSPS) is 26.3. The minimum Gasteiger partial charge on any atom is -0.465 e. The van der Waals surface area contributed by atoms with E-state index in [4.69, 9.17) is 4.74 Å². The van der Waals surface area contributed by atoms with Gasteiger partial charge in [0.15, 0.2) is 5.78 Å². The molecule has 3 aliphatic rings. The van der Waals surface area contributed by atoms with E-state index in [1.165, 1.54) is 4.90 Å². The van der Waals surface area contributed by atoms with Crippen LogP contribution < -0.4 is 0 Å². The van der Waals surface area contributed by atoms with Gasteiger partial charge in [0.2, 0.25) is 11.8 Å². The fraction of sp³-hybridized carbons (Fsp3) is 0.810. The number of esters is 1. The highest BCUT2D eigenvalue weighted by Gasteiger charge is 2.51. The number of carbonyl (C=O) groups excluding carboxylic acids is 4. The molecule has 27 heavy (non-hydrogen) atoms. The van der Waals surface area contributed by atoms with Gasteiger partial charge in [0.25, 0.3) is 0 Å². The van der Waals surface area contributed by atoms with Crippen LogP contribution in [0.25, 0.3) is 0 Å². The Bertz CT molecular complexity index is 589. The van der Waals surface area contributed by atoms with Crippen molar-refractivity contribution in [1.82, 2.24) is 4.90 Å². The maximum Gasteiger partial charge on any atom is 0.317 e. The molecular formula is C21H31NO5. The highest BCUT2D eigenvalue weighted by molar-refractivity contribution is 6.11. The van der Waals surface area contributed by atoms with Crippen molar-refractivity contribution in [3.63, 3.8) is 0 Å². The van der Waals surface area contributed by atoms with E-state index in [9.17, 15) is 19.2 Å². The maximum atomic E-state index is 13.2. The molecule has 0 N–H and O–H groups in total. The molecule has 0 aromatic heterocycles. The summed E-state index contributed by atoms with van der Waals surface area (Å²) in [5.41, 5.74) is 0. The second-order valence-electron chi connectivity index (χ2n) is 8.17. The van der Waals surface area contributed by atoms with Crippen molar-refractivity contribution in [2.24, 2.45) is 17.8 Å². The van der Waals surface area contributed by atoms with Gasteiger partial charge in [0, 0.05) is 18.4 Å². The second-order valence-corrected chi connectivity index (χ2v) is 8.17. The first kappa shape index (κ1) is 20.0. The Labute approximate surface area is 161 Å². The quantitative estimate of drug-likeness (QED) is 0.404. The molecule has 1 saturated heterocycles. The highest BCUT2D eigenvalue weighted by Crippen LogP contribution is 2.37. The molecule has 0 radical (unpaired) electrons. The number of amides is 2. The minimum absolute atomic E-state index is 0.0444. The van der Waals surface area contributed by atoms with Crippen LogP contribution in [0.1, 0.15) is 77.6 Å². The molecule has 1 aliphatic heterocycles. The number of ether oxygens (including phenoxy) is 1. The van der Waals surface area contributed by atoms with Gasteiger partial charge in [-0.1, -0.05) is 38.5 Å². The third-order valence-electron chi connectivity index (χ3n) is 6.41. The zero-order chi connectivity index (χ0) is 19.4. The van der Waals surface area contributed by atoms with Gasteiger partial charge in [0.05, 0.1) is 12.5 Å². The lowest BCUT2D eigenvalue weighted by molar-refractivity contribution is -0.159. The van der Waals surface area contributed by atoms with E-state index in [2.05, 4.69) is 0 Å². The Kier molecular flexibility index (Phi) is 6.66. The van der Waals surface area contributed by atoms with Gasteiger partial charge in [0.1, 0.15) is 5.92 Å².